The summed E-state index contributed by atoms with van der Waals surface area (Å²) < 4.78 is 28.4. The smallest absolute Gasteiger partial charge is 0.317 e. The van der Waals surface area contributed by atoms with E-state index < -0.39 is 17.0 Å². The van der Waals surface area contributed by atoms with Gasteiger partial charge < -0.3 is 20.4 Å². The van der Waals surface area contributed by atoms with Crippen LogP contribution in [0.5, 0.6) is 0 Å². The number of hydrogen-bond donors (Lipinski definition) is 2. The second-order valence-corrected chi connectivity index (χ2v) is 7.37. The third-order valence-electron chi connectivity index (χ3n) is 5.90. The molecule has 1 aliphatic carbocycles. The first kappa shape index (κ1) is 17.1. The van der Waals surface area contributed by atoms with Crippen LogP contribution in [0.4, 0.5) is 18.4 Å². The van der Waals surface area contributed by atoms with Crippen molar-refractivity contribution in [1.82, 2.24) is 20.4 Å². The highest BCUT2D eigenvalue weighted by Crippen LogP contribution is 2.45. The Morgan fingerprint density at radius 3 is 2.65 bits per heavy atom. The van der Waals surface area contributed by atoms with Gasteiger partial charge in [-0.1, -0.05) is 12.5 Å². The molecule has 140 valence electrons. The number of amides is 4. The number of hydrogen-bond acceptors (Lipinski definition) is 2. The number of piperazine rings is 1. The predicted molar refractivity (Wildman–Crippen MR) is 90.8 cm³/mol. The second-order valence-electron chi connectivity index (χ2n) is 7.37. The molecule has 1 atom stereocenters. The minimum Gasteiger partial charge on any atom is -0.337 e. The molecule has 0 aromatic heterocycles. The van der Waals surface area contributed by atoms with E-state index in [0.717, 1.165) is 6.42 Å². The lowest BCUT2D eigenvalue weighted by atomic mass is 9.64. The predicted octanol–water partition coefficient (Wildman–Crippen LogP) is 1.81. The van der Waals surface area contributed by atoms with Crippen LogP contribution in [0.1, 0.15) is 24.8 Å². The molecule has 1 unspecified atom stereocenters. The Kier molecular flexibility index (Phi) is 4.20. The van der Waals surface area contributed by atoms with Gasteiger partial charge in [-0.05, 0) is 25.0 Å². The topological polar surface area (TPSA) is 64.7 Å². The number of nitrogens with zero attached hydrogens (tertiary/aromatic N) is 2. The van der Waals surface area contributed by atoms with Crippen molar-refractivity contribution in [2.45, 2.75) is 30.7 Å². The molecule has 4 amide bonds. The Balaban J connectivity index is 1.41. The van der Waals surface area contributed by atoms with E-state index >= 15 is 0 Å². The molecule has 3 fully saturated rings. The number of benzene rings is 1. The maximum absolute atomic E-state index is 14.2. The minimum atomic E-state index is -0.669. The third-order valence-corrected chi connectivity index (χ3v) is 5.90. The lowest BCUT2D eigenvalue weighted by Gasteiger charge is -2.43. The summed E-state index contributed by atoms with van der Waals surface area (Å²) in [6.07, 6.45) is 2.19. The molecule has 26 heavy (non-hydrogen) atoms. The van der Waals surface area contributed by atoms with Crippen LogP contribution in [0.25, 0.3) is 0 Å². The molecule has 0 radical (unpaired) electrons. The molecule has 1 aromatic rings. The fraction of sp³-hybridized carbons (Fsp3) is 0.556. The van der Waals surface area contributed by atoms with Gasteiger partial charge in [-0.15, -0.1) is 0 Å². The van der Waals surface area contributed by atoms with E-state index in [1.807, 2.05) is 0 Å². The number of urea groups is 2. The Labute approximate surface area is 150 Å². The highest BCUT2D eigenvalue weighted by Gasteiger charge is 2.43. The maximum atomic E-state index is 14.2. The zero-order valence-electron chi connectivity index (χ0n) is 14.4. The van der Waals surface area contributed by atoms with Gasteiger partial charge in [0.15, 0.2) is 0 Å². The van der Waals surface area contributed by atoms with Crippen LogP contribution < -0.4 is 10.6 Å². The van der Waals surface area contributed by atoms with Crippen LogP contribution in [-0.2, 0) is 5.41 Å². The van der Waals surface area contributed by atoms with E-state index in [2.05, 4.69) is 10.6 Å². The summed E-state index contributed by atoms with van der Waals surface area (Å²) in [4.78, 5) is 27.6. The van der Waals surface area contributed by atoms with Crippen LogP contribution in [0.2, 0.25) is 0 Å². The fourth-order valence-electron chi connectivity index (χ4n) is 4.27. The third kappa shape index (κ3) is 2.77. The molecule has 2 aliphatic heterocycles. The van der Waals surface area contributed by atoms with Gasteiger partial charge in [0.05, 0.1) is 6.04 Å². The molecular formula is C18H22F2N4O2. The van der Waals surface area contributed by atoms with Gasteiger partial charge in [0.25, 0.3) is 0 Å². The van der Waals surface area contributed by atoms with E-state index in [9.17, 15) is 18.4 Å². The van der Waals surface area contributed by atoms with E-state index in [-0.39, 0.29) is 30.2 Å². The molecule has 2 N–H and O–H groups in total. The summed E-state index contributed by atoms with van der Waals surface area (Å²) in [5, 5.41) is 5.64. The van der Waals surface area contributed by atoms with Crippen LogP contribution >= 0.6 is 0 Å². The monoisotopic (exact) mass is 364 g/mol. The number of nitrogens with one attached hydrogen (secondary N) is 2. The van der Waals surface area contributed by atoms with Crippen molar-refractivity contribution in [3.05, 3.63) is 35.4 Å². The number of halogens is 2. The second kappa shape index (κ2) is 6.41. The SMILES string of the molecule is O=C(NCC1(c2c(F)cccc2F)CCC1)N1CCN2C(=O)NCC2C1. The normalized spacial score (nSPS) is 23.9. The van der Waals surface area contributed by atoms with E-state index in [4.69, 9.17) is 0 Å². The van der Waals surface area contributed by atoms with Crippen LogP contribution in [0.3, 0.4) is 0 Å². The number of fused-ring (bicyclic) bond motifs is 1. The standard InChI is InChI=1S/C18H22F2N4O2/c19-13-3-1-4-14(20)15(13)18(5-2-6-18)11-22-16(25)23-7-8-24-12(10-23)9-21-17(24)26/h1,3-4,12H,2,5-11H2,(H,21,26)(H,22,25). The number of rotatable bonds is 3. The van der Waals surface area contributed by atoms with E-state index in [0.29, 0.717) is 39.0 Å². The summed E-state index contributed by atoms with van der Waals surface area (Å²) in [5.41, 5.74) is -0.584. The summed E-state index contributed by atoms with van der Waals surface area (Å²) in [5.74, 6) is -1.11. The molecule has 4 rings (SSSR count). The highest BCUT2D eigenvalue weighted by atomic mass is 19.1. The molecule has 2 saturated heterocycles. The van der Waals surface area contributed by atoms with Crippen LogP contribution in [0, 0.1) is 11.6 Å². The molecule has 3 aliphatic rings. The van der Waals surface area contributed by atoms with Crippen LogP contribution in [0.15, 0.2) is 18.2 Å². The van der Waals surface area contributed by atoms with Gasteiger partial charge in [-0.3, -0.25) is 0 Å². The Hall–Kier alpha value is -2.38. The lowest BCUT2D eigenvalue weighted by Crippen LogP contribution is -2.57. The summed E-state index contributed by atoms with van der Waals surface area (Å²) in [7, 11) is 0. The summed E-state index contributed by atoms with van der Waals surface area (Å²) in [6, 6.07) is 3.55. The largest absolute Gasteiger partial charge is 0.337 e. The summed E-state index contributed by atoms with van der Waals surface area (Å²) in [6.45, 7) is 2.16. The van der Waals surface area contributed by atoms with Crippen molar-refractivity contribution in [2.24, 2.45) is 0 Å². The van der Waals surface area contributed by atoms with Crippen molar-refractivity contribution < 1.29 is 18.4 Å². The van der Waals surface area contributed by atoms with Crippen molar-refractivity contribution in [3.8, 4) is 0 Å². The van der Waals surface area contributed by atoms with Crippen molar-refractivity contribution in [1.29, 1.82) is 0 Å². The van der Waals surface area contributed by atoms with Gasteiger partial charge in [0.1, 0.15) is 11.6 Å². The molecule has 0 spiro atoms. The average Bonchev–Trinajstić information content (AvgIpc) is 2.96. The Morgan fingerprint density at radius 1 is 1.27 bits per heavy atom. The average molecular weight is 364 g/mol. The van der Waals surface area contributed by atoms with Crippen molar-refractivity contribution in [2.75, 3.05) is 32.7 Å². The Bertz CT molecular complexity index is 718. The van der Waals surface area contributed by atoms with E-state index in [1.54, 1.807) is 9.80 Å². The zero-order valence-corrected chi connectivity index (χ0v) is 14.4. The summed E-state index contributed by atoms with van der Waals surface area (Å²) >= 11 is 0. The van der Waals surface area contributed by atoms with Crippen LogP contribution in [-0.4, -0.2) is 60.6 Å². The molecule has 1 saturated carbocycles. The Morgan fingerprint density at radius 2 is 2.00 bits per heavy atom. The minimum absolute atomic E-state index is 0.0105. The first-order valence-electron chi connectivity index (χ1n) is 9.02. The first-order valence-corrected chi connectivity index (χ1v) is 9.02. The highest BCUT2D eigenvalue weighted by molar-refractivity contribution is 5.78. The van der Waals surface area contributed by atoms with Gasteiger partial charge in [0.2, 0.25) is 0 Å². The zero-order chi connectivity index (χ0) is 18.3. The maximum Gasteiger partial charge on any atom is 0.317 e. The van der Waals surface area contributed by atoms with Gasteiger partial charge in [0, 0.05) is 43.7 Å². The first-order chi connectivity index (χ1) is 12.5. The molecule has 8 heteroatoms. The number of carbonyl (C=O) groups is 2. The number of carbonyl (C=O) groups excluding carboxylic acids is 2. The van der Waals surface area contributed by atoms with Crippen molar-refractivity contribution in [3.63, 3.8) is 0 Å². The molecule has 0 bridgehead atoms. The van der Waals surface area contributed by atoms with Crippen molar-refractivity contribution >= 4 is 12.1 Å². The van der Waals surface area contributed by atoms with Gasteiger partial charge in [-0.2, -0.15) is 0 Å². The molecular weight excluding hydrogens is 342 g/mol. The molecule has 2 heterocycles. The van der Waals surface area contributed by atoms with Gasteiger partial charge >= 0.3 is 12.1 Å². The lowest BCUT2D eigenvalue weighted by molar-refractivity contribution is 0.125. The molecule has 1 aromatic carbocycles. The fourth-order valence-corrected chi connectivity index (χ4v) is 4.27. The molecule has 6 nitrogen and oxygen atoms in total. The van der Waals surface area contributed by atoms with Gasteiger partial charge in [-0.25, -0.2) is 18.4 Å². The quantitative estimate of drug-likeness (QED) is 0.859. The van der Waals surface area contributed by atoms with E-state index in [1.165, 1.54) is 18.2 Å².